The average Bonchev–Trinajstić information content (AvgIpc) is 2.79. The predicted octanol–water partition coefficient (Wildman–Crippen LogP) is 8.65. The zero-order valence-corrected chi connectivity index (χ0v) is 20.1. The van der Waals surface area contributed by atoms with Crippen molar-refractivity contribution in [1.29, 1.82) is 5.26 Å². The summed E-state index contributed by atoms with van der Waals surface area (Å²) in [6, 6.07) is 27.5. The van der Waals surface area contributed by atoms with E-state index in [1.165, 1.54) is 11.8 Å². The predicted molar refractivity (Wildman–Crippen MR) is 134 cm³/mol. The van der Waals surface area contributed by atoms with Crippen LogP contribution < -0.4 is 0 Å². The maximum absolute atomic E-state index is 10.0. The molecule has 0 aliphatic heterocycles. The van der Waals surface area contributed by atoms with Gasteiger partial charge in [-0.2, -0.15) is 5.26 Å². The van der Waals surface area contributed by atoms with Crippen molar-refractivity contribution >= 4 is 50.9 Å². The van der Waals surface area contributed by atoms with Crippen molar-refractivity contribution in [3.8, 4) is 28.5 Å². The number of benzene rings is 3. The number of hydrogen-bond donors (Lipinski definition) is 0. The SMILES string of the molecule is N#Cc1c(-c2ccc(Cl)cc2)cc(-c2ccccc2Cl)nc1SCc1ccc(Br)cc1. The highest BCUT2D eigenvalue weighted by Gasteiger charge is 2.17. The minimum Gasteiger partial charge on any atom is -0.240 e. The Hall–Kier alpha value is -2.29. The van der Waals surface area contributed by atoms with Crippen LogP contribution in [0.15, 0.2) is 88.4 Å². The molecule has 3 aromatic carbocycles. The molecule has 1 heterocycles. The van der Waals surface area contributed by atoms with E-state index in [1.807, 2.05) is 66.7 Å². The van der Waals surface area contributed by atoms with Crippen LogP contribution in [0.1, 0.15) is 11.1 Å². The molecular formula is C25H15BrCl2N2S. The van der Waals surface area contributed by atoms with E-state index in [0.717, 1.165) is 32.4 Å². The number of thioether (sulfide) groups is 1. The van der Waals surface area contributed by atoms with Crippen LogP contribution in [0.2, 0.25) is 10.0 Å². The van der Waals surface area contributed by atoms with E-state index in [4.69, 9.17) is 28.2 Å². The first kappa shape index (κ1) is 21.9. The molecule has 0 amide bonds. The zero-order chi connectivity index (χ0) is 21.8. The van der Waals surface area contributed by atoms with Gasteiger partial charge in [0.05, 0.1) is 11.3 Å². The second-order valence-electron chi connectivity index (χ2n) is 6.75. The van der Waals surface area contributed by atoms with Crippen molar-refractivity contribution in [1.82, 2.24) is 4.98 Å². The van der Waals surface area contributed by atoms with Gasteiger partial charge in [-0.05, 0) is 47.5 Å². The molecule has 0 unspecified atom stereocenters. The maximum atomic E-state index is 10.0. The largest absolute Gasteiger partial charge is 0.240 e. The van der Waals surface area contributed by atoms with Gasteiger partial charge in [-0.3, -0.25) is 0 Å². The quantitative estimate of drug-likeness (QED) is 0.244. The molecular weight excluding hydrogens is 511 g/mol. The molecule has 0 saturated carbocycles. The summed E-state index contributed by atoms with van der Waals surface area (Å²) >= 11 is 17.5. The lowest BCUT2D eigenvalue weighted by molar-refractivity contribution is 1.12. The van der Waals surface area contributed by atoms with Crippen LogP contribution >= 0.6 is 50.9 Å². The molecule has 4 rings (SSSR count). The lowest BCUT2D eigenvalue weighted by atomic mass is 9.99. The topological polar surface area (TPSA) is 36.7 Å². The smallest absolute Gasteiger partial charge is 0.115 e. The molecule has 0 atom stereocenters. The van der Waals surface area contributed by atoms with Gasteiger partial charge < -0.3 is 0 Å². The number of halogens is 3. The average molecular weight is 526 g/mol. The molecule has 152 valence electrons. The van der Waals surface area contributed by atoms with Crippen LogP contribution in [0.3, 0.4) is 0 Å². The Bertz CT molecular complexity index is 1270. The highest BCUT2D eigenvalue weighted by Crippen LogP contribution is 2.37. The summed E-state index contributed by atoms with van der Waals surface area (Å²) in [6.07, 6.45) is 0. The first-order valence-electron chi connectivity index (χ1n) is 9.38. The summed E-state index contributed by atoms with van der Waals surface area (Å²) in [4.78, 5) is 4.83. The zero-order valence-electron chi connectivity index (χ0n) is 16.1. The van der Waals surface area contributed by atoms with Crippen molar-refractivity contribution in [2.24, 2.45) is 0 Å². The summed E-state index contributed by atoms with van der Waals surface area (Å²) < 4.78 is 1.03. The van der Waals surface area contributed by atoms with Gasteiger partial charge in [0.15, 0.2) is 0 Å². The van der Waals surface area contributed by atoms with Gasteiger partial charge in [0.2, 0.25) is 0 Å². The van der Waals surface area contributed by atoms with Gasteiger partial charge in [-0.1, -0.05) is 81.6 Å². The van der Waals surface area contributed by atoms with E-state index in [9.17, 15) is 5.26 Å². The molecule has 0 saturated heterocycles. The van der Waals surface area contributed by atoms with E-state index in [2.05, 4.69) is 34.1 Å². The molecule has 0 fully saturated rings. The molecule has 0 radical (unpaired) electrons. The third kappa shape index (κ3) is 5.14. The molecule has 31 heavy (non-hydrogen) atoms. The molecule has 0 aliphatic rings. The van der Waals surface area contributed by atoms with Crippen LogP contribution in [-0.4, -0.2) is 4.98 Å². The number of nitriles is 1. The van der Waals surface area contributed by atoms with Crippen LogP contribution in [-0.2, 0) is 5.75 Å². The Balaban J connectivity index is 1.83. The van der Waals surface area contributed by atoms with Crippen molar-refractivity contribution in [3.05, 3.63) is 105 Å². The molecule has 0 bridgehead atoms. The molecule has 0 N–H and O–H groups in total. The Morgan fingerprint density at radius 3 is 2.29 bits per heavy atom. The van der Waals surface area contributed by atoms with E-state index < -0.39 is 0 Å². The monoisotopic (exact) mass is 524 g/mol. The first-order valence-corrected chi connectivity index (χ1v) is 11.9. The van der Waals surface area contributed by atoms with Crippen LogP contribution in [0, 0.1) is 11.3 Å². The van der Waals surface area contributed by atoms with Crippen molar-refractivity contribution in [2.75, 3.05) is 0 Å². The minimum atomic E-state index is 0.542. The Morgan fingerprint density at radius 1 is 0.903 bits per heavy atom. The molecule has 6 heteroatoms. The highest BCUT2D eigenvalue weighted by atomic mass is 79.9. The fourth-order valence-electron chi connectivity index (χ4n) is 3.13. The highest BCUT2D eigenvalue weighted by molar-refractivity contribution is 9.10. The second-order valence-corrected chi connectivity index (χ2v) is 9.47. The fraction of sp³-hybridized carbons (Fsp3) is 0.0400. The maximum Gasteiger partial charge on any atom is 0.115 e. The lowest BCUT2D eigenvalue weighted by Gasteiger charge is -2.13. The van der Waals surface area contributed by atoms with Crippen LogP contribution in [0.25, 0.3) is 22.4 Å². The second kappa shape index (κ2) is 9.89. The van der Waals surface area contributed by atoms with Gasteiger partial charge in [0.1, 0.15) is 11.1 Å². The molecule has 0 aliphatic carbocycles. The van der Waals surface area contributed by atoms with Crippen LogP contribution in [0.5, 0.6) is 0 Å². The van der Waals surface area contributed by atoms with Gasteiger partial charge in [-0.15, -0.1) is 11.8 Å². The van der Waals surface area contributed by atoms with Crippen LogP contribution in [0.4, 0.5) is 0 Å². The molecule has 4 aromatic rings. The Morgan fingerprint density at radius 2 is 1.61 bits per heavy atom. The van der Waals surface area contributed by atoms with E-state index in [0.29, 0.717) is 26.4 Å². The summed E-state index contributed by atoms with van der Waals surface area (Å²) in [5.74, 6) is 0.695. The number of rotatable bonds is 5. The third-order valence-electron chi connectivity index (χ3n) is 4.69. The lowest BCUT2D eigenvalue weighted by Crippen LogP contribution is -1.96. The van der Waals surface area contributed by atoms with E-state index >= 15 is 0 Å². The number of nitrogens with zero attached hydrogens (tertiary/aromatic N) is 2. The van der Waals surface area contributed by atoms with Crippen molar-refractivity contribution in [2.45, 2.75) is 10.8 Å². The number of hydrogen-bond acceptors (Lipinski definition) is 3. The summed E-state index contributed by atoms with van der Waals surface area (Å²) in [5.41, 5.74) is 4.96. The summed E-state index contributed by atoms with van der Waals surface area (Å²) in [6.45, 7) is 0. The third-order valence-corrected chi connectivity index (χ3v) is 6.85. The van der Waals surface area contributed by atoms with Gasteiger partial charge >= 0.3 is 0 Å². The normalized spacial score (nSPS) is 10.6. The molecule has 0 spiro atoms. The molecule has 1 aromatic heterocycles. The first-order chi connectivity index (χ1) is 15.0. The number of pyridine rings is 1. The number of aromatic nitrogens is 1. The minimum absolute atomic E-state index is 0.542. The van der Waals surface area contributed by atoms with Gasteiger partial charge in [0, 0.05) is 31.4 Å². The van der Waals surface area contributed by atoms with E-state index in [-0.39, 0.29) is 0 Å². The molecule has 2 nitrogen and oxygen atoms in total. The van der Waals surface area contributed by atoms with Gasteiger partial charge in [-0.25, -0.2) is 4.98 Å². The van der Waals surface area contributed by atoms with Gasteiger partial charge in [0.25, 0.3) is 0 Å². The fourth-order valence-corrected chi connectivity index (χ4v) is 4.71. The summed E-state index contributed by atoms with van der Waals surface area (Å²) in [5, 5.41) is 11.9. The summed E-state index contributed by atoms with van der Waals surface area (Å²) in [7, 11) is 0. The van der Waals surface area contributed by atoms with Crippen molar-refractivity contribution < 1.29 is 0 Å². The Kier molecular flexibility index (Phi) is 6.99. The van der Waals surface area contributed by atoms with Crippen molar-refractivity contribution in [3.63, 3.8) is 0 Å². The van der Waals surface area contributed by atoms with E-state index in [1.54, 1.807) is 0 Å². The Labute approximate surface area is 204 Å². The standard InChI is InChI=1S/C25H15BrCl2N2S/c26-18-9-5-16(6-10-18)15-31-25-22(14-29)21(17-7-11-19(27)12-8-17)13-24(30-25)20-3-1-2-4-23(20)28/h1-13H,15H2.